The predicted octanol–water partition coefficient (Wildman–Crippen LogP) is 3.06. The van der Waals surface area contributed by atoms with Crippen molar-refractivity contribution in [3.8, 4) is 5.75 Å². The number of likely N-dealkylation sites (tertiary alicyclic amines) is 1. The van der Waals surface area contributed by atoms with Gasteiger partial charge in [-0.25, -0.2) is 4.98 Å². The van der Waals surface area contributed by atoms with Crippen LogP contribution in [0.15, 0.2) is 30.7 Å². The number of carbonyl (C=O) groups is 2. The molecular weight excluding hydrogens is 432 g/mol. The minimum absolute atomic E-state index is 0.0384. The summed E-state index contributed by atoms with van der Waals surface area (Å²) in [6.07, 6.45) is 6.33. The van der Waals surface area contributed by atoms with E-state index in [4.69, 9.17) is 21.1 Å². The van der Waals surface area contributed by atoms with Crippen molar-refractivity contribution >= 4 is 23.4 Å². The second-order valence-electron chi connectivity index (χ2n) is 8.54. The first-order chi connectivity index (χ1) is 15.5. The number of aromatic amines is 1. The van der Waals surface area contributed by atoms with Crippen molar-refractivity contribution in [1.82, 2.24) is 19.8 Å². The first-order valence-electron chi connectivity index (χ1n) is 11.0. The number of hydrogen-bond acceptors (Lipinski definition) is 5. The van der Waals surface area contributed by atoms with E-state index in [1.807, 2.05) is 17.9 Å². The lowest BCUT2D eigenvalue weighted by molar-refractivity contribution is -0.153. The van der Waals surface area contributed by atoms with Crippen LogP contribution in [0.5, 0.6) is 5.75 Å². The molecule has 2 aromatic rings. The highest BCUT2D eigenvalue weighted by molar-refractivity contribution is 6.31. The number of nitrogens with zero attached hydrogens (tertiary/aromatic N) is 3. The second kappa shape index (κ2) is 9.92. The summed E-state index contributed by atoms with van der Waals surface area (Å²) in [6.45, 7) is 4.63. The van der Waals surface area contributed by atoms with Crippen LogP contribution in [0.2, 0.25) is 5.02 Å². The van der Waals surface area contributed by atoms with Gasteiger partial charge in [-0.15, -0.1) is 0 Å². The van der Waals surface area contributed by atoms with E-state index < -0.39 is 5.60 Å². The molecule has 4 rings (SSSR count). The summed E-state index contributed by atoms with van der Waals surface area (Å²) in [5.74, 6) is 0.525. The predicted molar refractivity (Wildman–Crippen MR) is 120 cm³/mol. The largest absolute Gasteiger partial charge is 0.490 e. The van der Waals surface area contributed by atoms with Crippen molar-refractivity contribution in [3.05, 3.63) is 47.0 Å². The standard InChI is InChI=1S/C23H29ClN4O4/c1-17-11-18(5-6-19(17)24)31-15-23(12-21(29)27-7-3-2-4-8-27)14-28(9-10-32-23)22(30)20-13-25-16-26-20/h5-6,11,13,16H,2-4,7-10,12,14-15H2,1H3,(H,25,26)/t23-/m1/s1. The summed E-state index contributed by atoms with van der Waals surface area (Å²) in [6, 6.07) is 5.44. The van der Waals surface area contributed by atoms with Crippen molar-refractivity contribution in [2.24, 2.45) is 0 Å². The van der Waals surface area contributed by atoms with E-state index in [1.165, 1.54) is 12.5 Å². The van der Waals surface area contributed by atoms with Gasteiger partial charge in [-0.05, 0) is 49.9 Å². The smallest absolute Gasteiger partial charge is 0.272 e. The molecule has 172 valence electrons. The summed E-state index contributed by atoms with van der Waals surface area (Å²) < 4.78 is 12.3. The van der Waals surface area contributed by atoms with Gasteiger partial charge in [0.2, 0.25) is 5.91 Å². The molecule has 1 aromatic carbocycles. The minimum Gasteiger partial charge on any atom is -0.490 e. The Morgan fingerprint density at radius 2 is 2.03 bits per heavy atom. The van der Waals surface area contributed by atoms with E-state index in [2.05, 4.69) is 9.97 Å². The zero-order valence-corrected chi connectivity index (χ0v) is 19.1. The van der Waals surface area contributed by atoms with Crippen molar-refractivity contribution in [2.45, 2.75) is 38.2 Å². The van der Waals surface area contributed by atoms with Gasteiger partial charge in [0.15, 0.2) is 0 Å². The van der Waals surface area contributed by atoms with Crippen LogP contribution in [0.1, 0.15) is 41.7 Å². The number of benzene rings is 1. The molecule has 0 aliphatic carbocycles. The van der Waals surface area contributed by atoms with Crippen LogP contribution in [-0.2, 0) is 9.53 Å². The van der Waals surface area contributed by atoms with Crippen molar-refractivity contribution < 1.29 is 19.1 Å². The molecule has 2 amide bonds. The molecule has 0 radical (unpaired) electrons. The molecule has 3 heterocycles. The van der Waals surface area contributed by atoms with Gasteiger partial charge in [0.1, 0.15) is 23.7 Å². The van der Waals surface area contributed by atoms with E-state index in [0.717, 1.165) is 37.9 Å². The number of imidazole rings is 1. The lowest BCUT2D eigenvalue weighted by Gasteiger charge is -2.43. The highest BCUT2D eigenvalue weighted by Gasteiger charge is 2.42. The van der Waals surface area contributed by atoms with Gasteiger partial charge in [0.25, 0.3) is 5.91 Å². The first-order valence-corrected chi connectivity index (χ1v) is 11.4. The number of amides is 2. The minimum atomic E-state index is -0.935. The Hall–Kier alpha value is -2.58. The third-order valence-corrected chi connectivity index (χ3v) is 6.50. The van der Waals surface area contributed by atoms with Crippen molar-refractivity contribution in [2.75, 3.05) is 39.4 Å². The first kappa shape index (κ1) is 22.6. The average molecular weight is 461 g/mol. The van der Waals surface area contributed by atoms with Gasteiger partial charge in [-0.1, -0.05) is 11.6 Å². The number of H-pyrrole nitrogens is 1. The number of aromatic nitrogens is 2. The summed E-state index contributed by atoms with van der Waals surface area (Å²) in [7, 11) is 0. The topological polar surface area (TPSA) is 87.8 Å². The molecule has 2 saturated heterocycles. The van der Waals surface area contributed by atoms with E-state index in [1.54, 1.807) is 17.0 Å². The van der Waals surface area contributed by atoms with Gasteiger partial charge in [-0.2, -0.15) is 0 Å². The zero-order valence-electron chi connectivity index (χ0n) is 18.3. The maximum atomic E-state index is 13.1. The van der Waals surface area contributed by atoms with Gasteiger partial charge in [-0.3, -0.25) is 9.59 Å². The third kappa shape index (κ3) is 5.24. The van der Waals surface area contributed by atoms with Crippen LogP contribution in [0, 0.1) is 6.92 Å². The normalized spacial score (nSPS) is 21.4. The van der Waals surface area contributed by atoms with Crippen LogP contribution < -0.4 is 4.74 Å². The SMILES string of the molecule is Cc1cc(OC[C@@]2(CC(=O)N3CCCCC3)CN(C(=O)c3cnc[nH]3)CCO2)ccc1Cl. The van der Waals surface area contributed by atoms with Crippen molar-refractivity contribution in [1.29, 1.82) is 0 Å². The summed E-state index contributed by atoms with van der Waals surface area (Å²) >= 11 is 6.13. The van der Waals surface area contributed by atoms with Gasteiger partial charge < -0.3 is 24.3 Å². The molecular formula is C23H29ClN4O4. The highest BCUT2D eigenvalue weighted by Crippen LogP contribution is 2.28. The van der Waals surface area contributed by atoms with Crippen LogP contribution in [0.4, 0.5) is 0 Å². The Bertz CT molecular complexity index is 945. The van der Waals surface area contributed by atoms with E-state index in [0.29, 0.717) is 29.6 Å². The summed E-state index contributed by atoms with van der Waals surface area (Å²) in [4.78, 5) is 36.5. The number of nitrogens with one attached hydrogen (secondary N) is 1. The quantitative estimate of drug-likeness (QED) is 0.715. The van der Waals surface area contributed by atoms with Gasteiger partial charge in [0, 0.05) is 24.7 Å². The third-order valence-electron chi connectivity index (χ3n) is 6.08. The lowest BCUT2D eigenvalue weighted by Crippen LogP contribution is -2.58. The molecule has 0 saturated carbocycles. The van der Waals surface area contributed by atoms with E-state index >= 15 is 0 Å². The van der Waals surface area contributed by atoms with Crippen LogP contribution in [-0.4, -0.2) is 76.6 Å². The van der Waals surface area contributed by atoms with E-state index in [-0.39, 0.29) is 31.4 Å². The van der Waals surface area contributed by atoms with Crippen molar-refractivity contribution in [3.63, 3.8) is 0 Å². The lowest BCUT2D eigenvalue weighted by atomic mass is 9.96. The molecule has 1 atom stereocenters. The van der Waals surface area contributed by atoms with Crippen LogP contribution in [0.3, 0.4) is 0 Å². The Labute approximate surface area is 192 Å². The molecule has 9 heteroatoms. The Balaban J connectivity index is 1.52. The number of aryl methyl sites for hydroxylation is 1. The number of piperidine rings is 1. The number of rotatable bonds is 6. The average Bonchev–Trinajstić information content (AvgIpc) is 3.35. The number of hydrogen-bond donors (Lipinski definition) is 1. The fourth-order valence-electron chi connectivity index (χ4n) is 4.26. The molecule has 8 nitrogen and oxygen atoms in total. The molecule has 2 aliphatic rings. The zero-order chi connectivity index (χ0) is 22.6. The molecule has 1 aromatic heterocycles. The maximum Gasteiger partial charge on any atom is 0.272 e. The van der Waals surface area contributed by atoms with Crippen LogP contribution >= 0.6 is 11.6 Å². The molecule has 0 bridgehead atoms. The molecule has 1 N–H and O–H groups in total. The van der Waals surface area contributed by atoms with E-state index in [9.17, 15) is 9.59 Å². The number of ether oxygens (including phenoxy) is 2. The molecule has 0 unspecified atom stereocenters. The number of morpholine rings is 1. The monoisotopic (exact) mass is 460 g/mol. The Morgan fingerprint density at radius 3 is 2.75 bits per heavy atom. The number of halogens is 1. The highest BCUT2D eigenvalue weighted by atomic mass is 35.5. The molecule has 2 fully saturated rings. The fourth-order valence-corrected chi connectivity index (χ4v) is 4.38. The van der Waals surface area contributed by atoms with Gasteiger partial charge >= 0.3 is 0 Å². The molecule has 0 spiro atoms. The summed E-state index contributed by atoms with van der Waals surface area (Å²) in [5, 5.41) is 0.664. The van der Waals surface area contributed by atoms with Crippen LogP contribution in [0.25, 0.3) is 0 Å². The fraction of sp³-hybridized carbons (Fsp3) is 0.522. The maximum absolute atomic E-state index is 13.1. The molecule has 2 aliphatic heterocycles. The second-order valence-corrected chi connectivity index (χ2v) is 8.95. The Kier molecular flexibility index (Phi) is 7.01. The molecule has 32 heavy (non-hydrogen) atoms. The summed E-state index contributed by atoms with van der Waals surface area (Å²) in [5.41, 5.74) is 0.386. The Morgan fingerprint density at radius 1 is 1.22 bits per heavy atom. The number of carbonyl (C=O) groups excluding carboxylic acids is 2. The van der Waals surface area contributed by atoms with Gasteiger partial charge in [0.05, 0.1) is 32.1 Å².